The van der Waals surface area contributed by atoms with E-state index in [0.717, 1.165) is 0 Å². The third kappa shape index (κ3) is 2.88. The van der Waals surface area contributed by atoms with Gasteiger partial charge in [0.15, 0.2) is 5.78 Å². The zero-order valence-electron chi connectivity index (χ0n) is 10.1. The fourth-order valence-corrected chi connectivity index (χ4v) is 2.36. The molecule has 0 aromatic heterocycles. The molecule has 0 amide bonds. The number of nitrogens with one attached hydrogen (secondary N) is 1. The lowest BCUT2D eigenvalue weighted by atomic mass is 10.0. The van der Waals surface area contributed by atoms with Crippen LogP contribution in [0.15, 0.2) is 18.2 Å². The van der Waals surface area contributed by atoms with Crippen molar-refractivity contribution in [3.8, 4) is 0 Å². The quantitative estimate of drug-likeness (QED) is 0.910. The molecule has 1 aliphatic rings. The first-order valence-electron chi connectivity index (χ1n) is 5.83. The van der Waals surface area contributed by atoms with Crippen LogP contribution in [0.4, 0.5) is 4.39 Å². The predicted molar refractivity (Wildman–Crippen MR) is 67.3 cm³/mol. The summed E-state index contributed by atoms with van der Waals surface area (Å²) in [5.74, 6) is -0.487. The molecule has 0 spiro atoms. The number of rotatable bonds is 4. The highest BCUT2D eigenvalue weighted by molar-refractivity contribution is 6.31. The van der Waals surface area contributed by atoms with Gasteiger partial charge in [0.25, 0.3) is 0 Å². The van der Waals surface area contributed by atoms with Crippen LogP contribution in [-0.2, 0) is 16.0 Å². The topological polar surface area (TPSA) is 38.3 Å². The Morgan fingerprint density at radius 1 is 1.61 bits per heavy atom. The molecule has 1 aromatic carbocycles. The Balaban J connectivity index is 2.04. The average molecular weight is 272 g/mol. The lowest BCUT2D eigenvalue weighted by Gasteiger charge is -2.10. The molecule has 98 valence electrons. The van der Waals surface area contributed by atoms with E-state index in [1.807, 2.05) is 0 Å². The molecule has 2 rings (SSSR count). The monoisotopic (exact) mass is 271 g/mol. The second-order valence-corrected chi connectivity index (χ2v) is 4.80. The van der Waals surface area contributed by atoms with E-state index in [1.54, 1.807) is 13.2 Å². The summed E-state index contributed by atoms with van der Waals surface area (Å²) in [5, 5.41) is 3.37. The van der Waals surface area contributed by atoms with Gasteiger partial charge in [-0.05, 0) is 18.6 Å². The molecule has 0 bridgehead atoms. The summed E-state index contributed by atoms with van der Waals surface area (Å²) in [5.41, 5.74) is 0.270. The van der Waals surface area contributed by atoms with E-state index in [0.29, 0.717) is 18.0 Å². The average Bonchev–Trinajstić information content (AvgIpc) is 2.82. The summed E-state index contributed by atoms with van der Waals surface area (Å²) < 4.78 is 18.7. The summed E-state index contributed by atoms with van der Waals surface area (Å²) in [4.78, 5) is 12.0. The summed E-state index contributed by atoms with van der Waals surface area (Å²) in [6, 6.07) is 4.16. The Bertz CT molecular complexity index is 432. The van der Waals surface area contributed by atoms with Crippen LogP contribution < -0.4 is 5.32 Å². The first-order valence-corrected chi connectivity index (χ1v) is 6.21. The lowest BCUT2D eigenvalue weighted by Crippen LogP contribution is -2.32. The minimum absolute atomic E-state index is 0.0135. The van der Waals surface area contributed by atoms with Crippen molar-refractivity contribution in [3.05, 3.63) is 34.6 Å². The predicted octanol–water partition coefficient (Wildman–Crippen LogP) is 1.97. The van der Waals surface area contributed by atoms with E-state index in [1.165, 1.54) is 12.1 Å². The fraction of sp³-hybridized carbons (Fsp3) is 0.462. The fourth-order valence-electron chi connectivity index (χ4n) is 2.13. The van der Waals surface area contributed by atoms with Crippen molar-refractivity contribution in [2.75, 3.05) is 13.7 Å². The van der Waals surface area contributed by atoms with Gasteiger partial charge in [0.05, 0.1) is 12.1 Å². The van der Waals surface area contributed by atoms with E-state index in [-0.39, 0.29) is 29.9 Å². The second-order valence-electron chi connectivity index (χ2n) is 4.40. The van der Waals surface area contributed by atoms with Crippen LogP contribution in [0.2, 0.25) is 5.02 Å². The van der Waals surface area contributed by atoms with Gasteiger partial charge in [-0.2, -0.15) is 0 Å². The summed E-state index contributed by atoms with van der Waals surface area (Å²) in [6.45, 7) is 0.651. The largest absolute Gasteiger partial charge is 0.380 e. The molecule has 1 saturated heterocycles. The molecule has 0 aliphatic carbocycles. The Hall–Kier alpha value is -0.970. The highest BCUT2D eigenvalue weighted by atomic mass is 35.5. The van der Waals surface area contributed by atoms with Crippen LogP contribution in [0.5, 0.6) is 0 Å². The maximum absolute atomic E-state index is 13.6. The van der Waals surface area contributed by atoms with Gasteiger partial charge in [0, 0.05) is 30.7 Å². The summed E-state index contributed by atoms with van der Waals surface area (Å²) >= 11 is 5.90. The van der Waals surface area contributed by atoms with Crippen molar-refractivity contribution in [1.82, 2.24) is 5.32 Å². The van der Waals surface area contributed by atoms with Crippen LogP contribution >= 0.6 is 11.6 Å². The van der Waals surface area contributed by atoms with Crippen molar-refractivity contribution in [1.29, 1.82) is 0 Å². The number of halogens is 2. The van der Waals surface area contributed by atoms with Gasteiger partial charge in [-0.1, -0.05) is 17.7 Å². The number of methoxy groups -OCH3 is 1. The maximum atomic E-state index is 13.6. The van der Waals surface area contributed by atoms with Gasteiger partial charge < -0.3 is 10.1 Å². The molecule has 1 fully saturated rings. The summed E-state index contributed by atoms with van der Waals surface area (Å²) in [6.07, 6.45) is 0.691. The molecular weight excluding hydrogens is 257 g/mol. The van der Waals surface area contributed by atoms with Crippen molar-refractivity contribution in [2.45, 2.75) is 25.0 Å². The molecule has 1 heterocycles. The zero-order chi connectivity index (χ0) is 13.1. The number of benzene rings is 1. The van der Waals surface area contributed by atoms with Crippen LogP contribution in [0, 0.1) is 5.82 Å². The number of hydrogen-bond donors (Lipinski definition) is 1. The Kier molecular flexibility index (Phi) is 4.32. The molecule has 1 aliphatic heterocycles. The standard InChI is InChI=1S/C13H15ClFNO2/c1-18-8-5-12(16-7-8)13(17)6-9-10(14)3-2-4-11(9)15/h2-4,8,12,16H,5-7H2,1H3. The number of hydrogen-bond acceptors (Lipinski definition) is 3. The van der Waals surface area contributed by atoms with Crippen LogP contribution in [0.3, 0.4) is 0 Å². The van der Waals surface area contributed by atoms with Gasteiger partial charge in [-0.25, -0.2) is 4.39 Å². The molecular formula is C13H15ClFNO2. The van der Waals surface area contributed by atoms with Crippen LogP contribution in [-0.4, -0.2) is 31.6 Å². The van der Waals surface area contributed by atoms with Crippen molar-refractivity contribution in [3.63, 3.8) is 0 Å². The van der Waals surface area contributed by atoms with E-state index in [2.05, 4.69) is 5.32 Å². The van der Waals surface area contributed by atoms with Gasteiger partial charge in [-0.15, -0.1) is 0 Å². The molecule has 1 aromatic rings. The van der Waals surface area contributed by atoms with E-state index in [4.69, 9.17) is 16.3 Å². The Morgan fingerprint density at radius 3 is 3.00 bits per heavy atom. The van der Waals surface area contributed by atoms with Crippen molar-refractivity contribution < 1.29 is 13.9 Å². The van der Waals surface area contributed by atoms with Crippen molar-refractivity contribution in [2.24, 2.45) is 0 Å². The van der Waals surface area contributed by atoms with Gasteiger partial charge in [0.2, 0.25) is 0 Å². The van der Waals surface area contributed by atoms with Gasteiger partial charge >= 0.3 is 0 Å². The first kappa shape index (κ1) is 13.5. The second kappa shape index (κ2) is 5.78. The molecule has 5 heteroatoms. The van der Waals surface area contributed by atoms with Gasteiger partial charge in [-0.3, -0.25) is 4.79 Å². The third-order valence-corrected chi connectivity index (χ3v) is 3.58. The number of carbonyl (C=O) groups is 1. The molecule has 0 saturated carbocycles. The smallest absolute Gasteiger partial charge is 0.154 e. The number of ketones is 1. The maximum Gasteiger partial charge on any atom is 0.154 e. The molecule has 2 atom stereocenters. The molecule has 3 nitrogen and oxygen atoms in total. The normalized spacial score (nSPS) is 23.3. The minimum Gasteiger partial charge on any atom is -0.380 e. The Morgan fingerprint density at radius 2 is 2.39 bits per heavy atom. The molecule has 0 radical (unpaired) electrons. The van der Waals surface area contributed by atoms with Gasteiger partial charge in [0.1, 0.15) is 5.82 Å². The van der Waals surface area contributed by atoms with E-state index >= 15 is 0 Å². The lowest BCUT2D eigenvalue weighted by molar-refractivity contribution is -0.120. The molecule has 1 N–H and O–H groups in total. The van der Waals surface area contributed by atoms with E-state index in [9.17, 15) is 9.18 Å². The van der Waals surface area contributed by atoms with Crippen LogP contribution in [0.25, 0.3) is 0 Å². The SMILES string of the molecule is COC1CNC(C(=O)Cc2c(F)cccc2Cl)C1. The Labute approximate surface area is 110 Å². The molecule has 18 heavy (non-hydrogen) atoms. The molecule has 2 unspecified atom stereocenters. The minimum atomic E-state index is -0.433. The number of ether oxygens (including phenoxy) is 1. The van der Waals surface area contributed by atoms with Crippen molar-refractivity contribution >= 4 is 17.4 Å². The van der Waals surface area contributed by atoms with Crippen LogP contribution in [0.1, 0.15) is 12.0 Å². The third-order valence-electron chi connectivity index (χ3n) is 3.23. The number of carbonyl (C=O) groups excluding carboxylic acids is 1. The number of Topliss-reactive ketones (excluding diaryl/α,β-unsaturated/α-hetero) is 1. The van der Waals surface area contributed by atoms with E-state index < -0.39 is 5.82 Å². The zero-order valence-corrected chi connectivity index (χ0v) is 10.8. The highest BCUT2D eigenvalue weighted by Gasteiger charge is 2.29. The first-order chi connectivity index (χ1) is 8.61. The summed E-state index contributed by atoms with van der Waals surface area (Å²) in [7, 11) is 1.62. The highest BCUT2D eigenvalue weighted by Crippen LogP contribution is 2.21.